The van der Waals surface area contributed by atoms with Crippen LogP contribution in [0.3, 0.4) is 0 Å². The number of fused-ring (bicyclic) bond motifs is 1. The Kier molecular flexibility index (Phi) is 5.29. The molecule has 2 aromatic carbocycles. The molecule has 30 heavy (non-hydrogen) atoms. The van der Waals surface area contributed by atoms with Gasteiger partial charge in [0.05, 0.1) is 6.54 Å². The first-order chi connectivity index (χ1) is 14.7. The number of piperazine rings is 1. The monoisotopic (exact) mass is 424 g/mol. The lowest BCUT2D eigenvalue weighted by molar-refractivity contribution is 0.242. The van der Waals surface area contributed by atoms with Crippen LogP contribution in [0.1, 0.15) is 10.8 Å². The van der Waals surface area contributed by atoms with Gasteiger partial charge in [-0.05, 0) is 36.4 Å². The van der Waals surface area contributed by atoms with Crippen molar-refractivity contribution in [3.63, 3.8) is 0 Å². The van der Waals surface area contributed by atoms with Crippen molar-refractivity contribution in [1.82, 2.24) is 24.7 Å². The third-order valence-corrected chi connectivity index (χ3v) is 6.00. The van der Waals surface area contributed by atoms with Crippen LogP contribution in [-0.4, -0.2) is 50.9 Å². The molecule has 5 rings (SSSR count). The van der Waals surface area contributed by atoms with E-state index in [4.69, 9.17) is 4.74 Å². The maximum atomic E-state index is 13.0. The average Bonchev–Trinajstić information content (AvgIpc) is 3.36. The van der Waals surface area contributed by atoms with Crippen LogP contribution in [0.15, 0.2) is 54.6 Å². The number of aromatic nitrogens is 4. The van der Waals surface area contributed by atoms with Crippen molar-refractivity contribution >= 4 is 22.0 Å². The Balaban J connectivity index is 1.20. The van der Waals surface area contributed by atoms with Crippen molar-refractivity contribution in [3.8, 4) is 5.75 Å². The van der Waals surface area contributed by atoms with Crippen LogP contribution in [0.2, 0.25) is 0 Å². The summed E-state index contributed by atoms with van der Waals surface area (Å²) in [6.07, 6.45) is 0. The second-order valence-electron chi connectivity index (χ2n) is 7.15. The number of ether oxygens (including phenoxy) is 1. The quantitative estimate of drug-likeness (QED) is 0.474. The van der Waals surface area contributed by atoms with Crippen LogP contribution in [0, 0.1) is 5.82 Å². The van der Waals surface area contributed by atoms with E-state index in [1.165, 1.54) is 29.2 Å². The van der Waals surface area contributed by atoms with E-state index in [9.17, 15) is 4.39 Å². The van der Waals surface area contributed by atoms with Gasteiger partial charge in [0.1, 0.15) is 18.2 Å². The van der Waals surface area contributed by atoms with E-state index in [-0.39, 0.29) is 5.82 Å². The third-order valence-electron chi connectivity index (χ3n) is 5.13. The summed E-state index contributed by atoms with van der Waals surface area (Å²) in [6, 6.07) is 16.5. The van der Waals surface area contributed by atoms with E-state index in [0.717, 1.165) is 42.0 Å². The fourth-order valence-corrected chi connectivity index (χ4v) is 4.30. The van der Waals surface area contributed by atoms with Crippen LogP contribution in [0.5, 0.6) is 5.75 Å². The van der Waals surface area contributed by atoms with Crippen LogP contribution in [-0.2, 0) is 13.2 Å². The average molecular weight is 425 g/mol. The molecule has 1 saturated heterocycles. The minimum absolute atomic E-state index is 0.282. The maximum Gasteiger partial charge on any atom is 0.234 e. The molecule has 0 radical (unpaired) electrons. The first-order valence-corrected chi connectivity index (χ1v) is 10.7. The topological polar surface area (TPSA) is 58.8 Å². The molecular formula is C21H21FN6OS. The highest BCUT2D eigenvalue weighted by Crippen LogP contribution is 2.20. The van der Waals surface area contributed by atoms with Gasteiger partial charge in [-0.1, -0.05) is 29.5 Å². The molecule has 0 amide bonds. The summed E-state index contributed by atoms with van der Waals surface area (Å²) in [5, 5.41) is 14.0. The maximum absolute atomic E-state index is 13.0. The zero-order chi connectivity index (χ0) is 20.3. The summed E-state index contributed by atoms with van der Waals surface area (Å²) in [6.45, 7) is 4.93. The fraction of sp³-hybridized carbons (Fsp3) is 0.286. The number of halogens is 1. The Morgan fingerprint density at radius 2 is 1.70 bits per heavy atom. The summed E-state index contributed by atoms with van der Waals surface area (Å²) in [4.78, 5) is 5.54. The van der Waals surface area contributed by atoms with Gasteiger partial charge in [0, 0.05) is 31.9 Å². The first-order valence-electron chi connectivity index (χ1n) is 9.85. The summed E-state index contributed by atoms with van der Waals surface area (Å²) in [5.41, 5.74) is 1.27. The lowest BCUT2D eigenvalue weighted by atomic mass is 10.2. The van der Waals surface area contributed by atoms with Gasteiger partial charge in [-0.2, -0.15) is 9.61 Å². The normalized spacial score (nSPS) is 15.0. The highest BCUT2D eigenvalue weighted by Gasteiger charge is 2.20. The highest BCUT2D eigenvalue weighted by atomic mass is 32.1. The molecule has 0 N–H and O–H groups in total. The van der Waals surface area contributed by atoms with Crippen molar-refractivity contribution in [2.45, 2.75) is 13.2 Å². The van der Waals surface area contributed by atoms with E-state index in [0.29, 0.717) is 18.9 Å². The number of anilines is 1. The van der Waals surface area contributed by atoms with Crippen LogP contribution >= 0.6 is 11.3 Å². The molecule has 0 spiro atoms. The van der Waals surface area contributed by atoms with Gasteiger partial charge in [0.2, 0.25) is 4.96 Å². The molecule has 0 unspecified atom stereocenters. The van der Waals surface area contributed by atoms with Gasteiger partial charge >= 0.3 is 0 Å². The Hall–Kier alpha value is -3.04. The molecule has 1 fully saturated rings. The Morgan fingerprint density at radius 1 is 0.933 bits per heavy atom. The number of rotatable bonds is 6. The van der Waals surface area contributed by atoms with Crippen molar-refractivity contribution in [3.05, 3.63) is 71.2 Å². The summed E-state index contributed by atoms with van der Waals surface area (Å²) >= 11 is 1.45. The van der Waals surface area contributed by atoms with Crippen molar-refractivity contribution in [2.75, 3.05) is 31.1 Å². The highest BCUT2D eigenvalue weighted by molar-refractivity contribution is 7.16. The Bertz CT molecular complexity index is 1110. The molecule has 0 aliphatic carbocycles. The first kappa shape index (κ1) is 19.0. The minimum Gasteiger partial charge on any atom is -0.486 e. The molecule has 9 heteroatoms. The van der Waals surface area contributed by atoms with Crippen LogP contribution < -0.4 is 9.64 Å². The Labute approximate surface area is 177 Å². The molecule has 154 valence electrons. The Morgan fingerprint density at radius 3 is 2.47 bits per heavy atom. The third kappa shape index (κ3) is 4.12. The van der Waals surface area contributed by atoms with E-state index >= 15 is 0 Å². The second-order valence-corrected chi connectivity index (χ2v) is 8.19. The molecule has 1 aliphatic rings. The number of hydrogen-bond acceptors (Lipinski definition) is 7. The predicted molar refractivity (Wildman–Crippen MR) is 113 cm³/mol. The summed E-state index contributed by atoms with van der Waals surface area (Å²) < 4.78 is 20.5. The lowest BCUT2D eigenvalue weighted by Crippen LogP contribution is -2.46. The van der Waals surface area contributed by atoms with E-state index < -0.39 is 0 Å². The number of benzene rings is 2. The molecule has 0 bridgehead atoms. The van der Waals surface area contributed by atoms with Crippen molar-refractivity contribution in [1.29, 1.82) is 0 Å². The zero-order valence-electron chi connectivity index (χ0n) is 16.3. The fourth-order valence-electron chi connectivity index (χ4n) is 3.53. The summed E-state index contributed by atoms with van der Waals surface area (Å²) in [7, 11) is 0. The van der Waals surface area contributed by atoms with Crippen LogP contribution in [0.25, 0.3) is 4.96 Å². The van der Waals surface area contributed by atoms with Crippen molar-refractivity contribution < 1.29 is 9.13 Å². The standard InChI is InChI=1S/C21H21FN6OS/c22-16-6-8-18(9-7-16)29-15-20-25-28-19(23-24-21(28)30-20)14-26-10-12-27(13-11-26)17-4-2-1-3-5-17/h1-9H,10-15H2. The molecular weight excluding hydrogens is 403 g/mol. The van der Waals surface area contributed by atoms with E-state index in [1.54, 1.807) is 16.6 Å². The molecule has 1 aliphatic heterocycles. The largest absolute Gasteiger partial charge is 0.486 e. The van der Waals surface area contributed by atoms with Gasteiger partial charge in [0.25, 0.3) is 0 Å². The molecule has 2 aromatic heterocycles. The second kappa shape index (κ2) is 8.37. The van der Waals surface area contributed by atoms with E-state index in [2.05, 4.69) is 49.4 Å². The predicted octanol–water partition coefficient (Wildman–Crippen LogP) is 3.23. The molecule has 7 nitrogen and oxygen atoms in total. The molecule has 4 aromatic rings. The van der Waals surface area contributed by atoms with Crippen LogP contribution in [0.4, 0.5) is 10.1 Å². The number of hydrogen-bond donors (Lipinski definition) is 0. The van der Waals surface area contributed by atoms with Gasteiger partial charge in [0.15, 0.2) is 10.8 Å². The molecule has 3 heterocycles. The lowest BCUT2D eigenvalue weighted by Gasteiger charge is -2.35. The zero-order valence-corrected chi connectivity index (χ0v) is 17.1. The number of para-hydroxylation sites is 1. The summed E-state index contributed by atoms with van der Waals surface area (Å²) in [5.74, 6) is 1.16. The van der Waals surface area contributed by atoms with E-state index in [1.807, 2.05) is 6.07 Å². The van der Waals surface area contributed by atoms with Gasteiger partial charge in [-0.3, -0.25) is 4.90 Å². The SMILES string of the molecule is Fc1ccc(OCc2nn3c(CN4CCN(c5ccccc5)CC4)nnc3s2)cc1. The molecule has 0 atom stereocenters. The van der Waals surface area contributed by atoms with Gasteiger partial charge in [-0.25, -0.2) is 4.39 Å². The van der Waals surface area contributed by atoms with Crippen molar-refractivity contribution in [2.24, 2.45) is 0 Å². The molecule has 0 saturated carbocycles. The minimum atomic E-state index is -0.282. The smallest absolute Gasteiger partial charge is 0.234 e. The van der Waals surface area contributed by atoms with Gasteiger partial charge < -0.3 is 9.64 Å². The van der Waals surface area contributed by atoms with Gasteiger partial charge in [-0.15, -0.1) is 10.2 Å². The number of nitrogens with zero attached hydrogens (tertiary/aromatic N) is 6.